The summed E-state index contributed by atoms with van der Waals surface area (Å²) in [6, 6.07) is 0. The van der Waals surface area contributed by atoms with E-state index in [1.54, 1.807) is 0 Å². The van der Waals surface area contributed by atoms with Crippen LogP contribution in [0.25, 0.3) is 0 Å². The van der Waals surface area contributed by atoms with Gasteiger partial charge in [-0.2, -0.15) is 0 Å². The van der Waals surface area contributed by atoms with Crippen molar-refractivity contribution in [1.29, 1.82) is 0 Å². The zero-order valence-electron chi connectivity index (χ0n) is 4.31. The van der Waals surface area contributed by atoms with Crippen molar-refractivity contribution in [2.24, 2.45) is 0 Å². The Morgan fingerprint density at radius 2 is 2.33 bits per heavy atom. The molecule has 0 aliphatic carbocycles. The van der Waals surface area contributed by atoms with Crippen molar-refractivity contribution < 1.29 is 13.9 Å². The van der Waals surface area contributed by atoms with Crippen LogP contribution < -0.4 is 0 Å². The molecular formula is CH3BBrClFIO3. The molecule has 0 spiro atoms. The summed E-state index contributed by atoms with van der Waals surface area (Å²) in [5.41, 5.74) is 0. The molecule has 0 aliphatic rings. The van der Waals surface area contributed by atoms with Gasteiger partial charge in [0.1, 0.15) is 0 Å². The van der Waals surface area contributed by atoms with Gasteiger partial charge < -0.3 is 0 Å². The SMILES string of the molecule is COI(F)B(OCl)OBr. The fourth-order valence-corrected chi connectivity index (χ4v) is 2.16. The van der Waals surface area contributed by atoms with Gasteiger partial charge in [-0.15, -0.1) is 0 Å². The predicted molar refractivity (Wildman–Crippen MR) is 44.8 cm³/mol. The second-order valence-electron chi connectivity index (χ2n) is 0.837. The first-order chi connectivity index (χ1) is 4.26. The molecule has 0 N–H and O–H groups in total. The van der Waals surface area contributed by atoms with Crippen molar-refractivity contribution in [2.75, 3.05) is 7.11 Å². The third-order valence-corrected chi connectivity index (χ3v) is 4.08. The van der Waals surface area contributed by atoms with E-state index < -0.39 is 25.6 Å². The van der Waals surface area contributed by atoms with Gasteiger partial charge in [-0.25, -0.2) is 0 Å². The molecular weight excluding hydrogens is 332 g/mol. The third-order valence-electron chi connectivity index (χ3n) is 0.428. The minimum absolute atomic E-state index is 1.08. The van der Waals surface area contributed by atoms with Crippen molar-refractivity contribution in [2.45, 2.75) is 0 Å². The average Bonchev–Trinajstić information content (AvgIpc) is 1.90. The van der Waals surface area contributed by atoms with Crippen LogP contribution in [0.2, 0.25) is 0 Å². The van der Waals surface area contributed by atoms with Crippen LogP contribution in [0, 0.1) is 0 Å². The van der Waals surface area contributed by atoms with Gasteiger partial charge in [-0.05, 0) is 0 Å². The summed E-state index contributed by atoms with van der Waals surface area (Å²) in [6.45, 7) is 0. The van der Waals surface area contributed by atoms with E-state index in [1.807, 2.05) is 0 Å². The summed E-state index contributed by atoms with van der Waals surface area (Å²) in [5.74, 6) is 0. The first-order valence-corrected chi connectivity index (χ1v) is 5.60. The summed E-state index contributed by atoms with van der Waals surface area (Å²) in [7, 11) is 1.24. The quantitative estimate of drug-likeness (QED) is 0.583. The molecule has 0 heterocycles. The number of hydrogen-bond acceptors (Lipinski definition) is 3. The maximum atomic E-state index is 12.4. The average molecular weight is 335 g/mol. The van der Waals surface area contributed by atoms with Gasteiger partial charge in [0.2, 0.25) is 0 Å². The van der Waals surface area contributed by atoms with E-state index in [-0.39, 0.29) is 0 Å². The zero-order chi connectivity index (χ0) is 7.28. The van der Waals surface area contributed by atoms with Crippen LogP contribution in [0.5, 0.6) is 0 Å². The Morgan fingerprint density at radius 3 is 2.44 bits per heavy atom. The molecule has 8 heteroatoms. The van der Waals surface area contributed by atoms with E-state index in [2.05, 4.69) is 27.3 Å². The maximum absolute atomic E-state index is 12.4. The molecule has 0 fully saturated rings. The second-order valence-corrected chi connectivity index (χ2v) is 4.60. The number of hydrogen-bond donors (Lipinski definition) is 0. The molecule has 0 amide bonds. The van der Waals surface area contributed by atoms with Crippen LogP contribution in [-0.4, -0.2) is 12.1 Å². The van der Waals surface area contributed by atoms with E-state index >= 15 is 0 Å². The Labute approximate surface area is 74.4 Å². The summed E-state index contributed by atoms with van der Waals surface area (Å²) in [6.07, 6.45) is 0. The van der Waals surface area contributed by atoms with Crippen molar-refractivity contribution >= 4 is 53.7 Å². The molecule has 0 aromatic rings. The fraction of sp³-hybridized carbons (Fsp3) is 1.00. The molecule has 56 valence electrons. The molecule has 0 bridgehead atoms. The van der Waals surface area contributed by atoms with E-state index in [0.29, 0.717) is 0 Å². The van der Waals surface area contributed by atoms with Crippen molar-refractivity contribution in [3.05, 3.63) is 0 Å². The molecule has 0 aliphatic heterocycles. The van der Waals surface area contributed by atoms with E-state index in [4.69, 9.17) is 11.9 Å². The van der Waals surface area contributed by atoms with Crippen molar-refractivity contribution in [3.63, 3.8) is 0 Å². The summed E-state index contributed by atoms with van der Waals surface area (Å²) in [4.78, 5) is -1.08. The minimum atomic E-state index is -3.08. The van der Waals surface area contributed by atoms with Crippen LogP contribution >= 0.6 is 48.7 Å². The van der Waals surface area contributed by atoms with Gasteiger partial charge in [-0.1, -0.05) is 0 Å². The molecule has 0 radical (unpaired) electrons. The van der Waals surface area contributed by atoms with E-state index in [1.165, 1.54) is 7.11 Å². The van der Waals surface area contributed by atoms with Gasteiger partial charge in [0.15, 0.2) is 0 Å². The fourth-order valence-electron chi connectivity index (χ4n) is 0.139. The Balaban J connectivity index is 3.50. The molecule has 0 saturated carbocycles. The molecule has 0 aromatic carbocycles. The molecule has 0 atom stereocenters. The summed E-state index contributed by atoms with van der Waals surface area (Å²) >= 11 is 4.26. The normalized spacial score (nSPS) is 11.3. The van der Waals surface area contributed by atoms with Crippen LogP contribution in [0.15, 0.2) is 0 Å². The second kappa shape index (κ2) is 6.11. The van der Waals surface area contributed by atoms with Crippen LogP contribution in [0.1, 0.15) is 0 Å². The van der Waals surface area contributed by atoms with Crippen LogP contribution in [-0.2, 0) is 11.0 Å². The van der Waals surface area contributed by atoms with E-state index in [9.17, 15) is 2.86 Å². The summed E-state index contributed by atoms with van der Waals surface area (Å²) < 4.78 is 25.0. The molecule has 0 unspecified atom stereocenters. The Kier molecular flexibility index (Phi) is 7.04. The predicted octanol–water partition coefficient (Wildman–Crippen LogP) is 2.42. The van der Waals surface area contributed by atoms with Gasteiger partial charge >= 0.3 is 74.7 Å². The number of halogens is 4. The molecule has 0 saturated heterocycles. The molecule has 9 heavy (non-hydrogen) atoms. The van der Waals surface area contributed by atoms with Gasteiger partial charge in [-0.3, -0.25) is 0 Å². The number of rotatable bonds is 4. The zero-order valence-corrected chi connectivity index (χ0v) is 8.81. The van der Waals surface area contributed by atoms with Crippen molar-refractivity contribution in [3.8, 4) is 0 Å². The Hall–Kier alpha value is 1.37. The van der Waals surface area contributed by atoms with E-state index in [0.717, 1.165) is 0 Å². The monoisotopic (exact) mass is 334 g/mol. The first kappa shape index (κ1) is 10.4. The van der Waals surface area contributed by atoms with Gasteiger partial charge in [0.05, 0.1) is 0 Å². The van der Waals surface area contributed by atoms with Crippen LogP contribution in [0.3, 0.4) is 0 Å². The third kappa shape index (κ3) is 3.94. The standard InChI is InChI=1S/CH3BBrClFIO3/c1-7-6(5)2(8-3)9-4/h1H3. The van der Waals surface area contributed by atoms with Gasteiger partial charge in [0, 0.05) is 0 Å². The topological polar surface area (TPSA) is 27.7 Å². The Morgan fingerprint density at radius 1 is 1.78 bits per heavy atom. The van der Waals surface area contributed by atoms with Crippen LogP contribution in [0.4, 0.5) is 2.86 Å². The van der Waals surface area contributed by atoms with Crippen molar-refractivity contribution in [1.82, 2.24) is 0 Å². The summed E-state index contributed by atoms with van der Waals surface area (Å²) in [5, 5.41) is 0. The van der Waals surface area contributed by atoms with Gasteiger partial charge in [0.25, 0.3) is 0 Å². The Bertz CT molecular complexity index is 76.8. The molecule has 0 rings (SSSR count). The molecule has 3 nitrogen and oxygen atoms in total. The first-order valence-electron chi connectivity index (χ1n) is 1.70. The molecule has 0 aromatic heterocycles.